The lowest BCUT2D eigenvalue weighted by Crippen LogP contribution is -1.90. The fourth-order valence-electron chi connectivity index (χ4n) is 1.13. The van der Waals surface area contributed by atoms with E-state index in [0.29, 0.717) is 20.9 Å². The van der Waals surface area contributed by atoms with Crippen LogP contribution in [-0.4, -0.2) is 16.1 Å². The van der Waals surface area contributed by atoms with E-state index < -0.39 is 5.97 Å². The Labute approximate surface area is 111 Å². The normalized spacial score (nSPS) is 10.2. The van der Waals surface area contributed by atoms with Gasteiger partial charge in [-0.2, -0.15) is 0 Å². The van der Waals surface area contributed by atoms with Gasteiger partial charge in [0, 0.05) is 5.69 Å². The fraction of sp³-hybridized carbons (Fsp3) is 0. The van der Waals surface area contributed by atoms with Crippen LogP contribution >= 0.6 is 34.5 Å². The monoisotopic (exact) mass is 288 g/mol. The first-order valence-corrected chi connectivity index (χ1v) is 6.04. The number of aromatic carboxylic acids is 1. The molecule has 0 bridgehead atoms. The zero-order valence-corrected chi connectivity index (χ0v) is 10.6. The lowest BCUT2D eigenvalue weighted by atomic mass is 10.3. The molecular formula is C10H6Cl2N2O2S. The molecule has 0 saturated heterocycles. The van der Waals surface area contributed by atoms with Crippen LogP contribution in [0, 0.1) is 0 Å². The topological polar surface area (TPSA) is 62.2 Å². The number of carboxylic acids is 1. The molecule has 1 heterocycles. The first-order chi connectivity index (χ1) is 8.06. The van der Waals surface area contributed by atoms with Crippen molar-refractivity contribution in [1.29, 1.82) is 0 Å². The molecule has 0 amide bonds. The summed E-state index contributed by atoms with van der Waals surface area (Å²) in [5.41, 5.74) is 0.700. The third kappa shape index (κ3) is 2.88. The van der Waals surface area contributed by atoms with E-state index >= 15 is 0 Å². The predicted octanol–water partition coefficient (Wildman–Crippen LogP) is 3.89. The molecule has 4 nitrogen and oxygen atoms in total. The molecule has 0 fully saturated rings. The van der Waals surface area contributed by atoms with E-state index in [9.17, 15) is 4.79 Å². The van der Waals surface area contributed by atoms with Gasteiger partial charge in [-0.15, -0.1) is 0 Å². The molecule has 0 aliphatic carbocycles. The minimum atomic E-state index is -0.996. The van der Waals surface area contributed by atoms with Crippen LogP contribution in [0.25, 0.3) is 0 Å². The van der Waals surface area contributed by atoms with Gasteiger partial charge in [-0.1, -0.05) is 34.5 Å². The van der Waals surface area contributed by atoms with E-state index in [1.165, 1.54) is 6.20 Å². The van der Waals surface area contributed by atoms with E-state index in [0.717, 1.165) is 11.3 Å². The van der Waals surface area contributed by atoms with Crippen LogP contribution in [0.15, 0.2) is 24.4 Å². The first kappa shape index (κ1) is 12.2. The van der Waals surface area contributed by atoms with Gasteiger partial charge >= 0.3 is 5.97 Å². The van der Waals surface area contributed by atoms with E-state index in [-0.39, 0.29) is 4.88 Å². The van der Waals surface area contributed by atoms with Gasteiger partial charge in [0.1, 0.15) is 4.88 Å². The standard InChI is InChI=1S/C10H6Cl2N2O2S/c11-6-2-1-5(3-7(6)12)14-10-13-4-8(17-10)9(15)16/h1-4H,(H,13,14)(H,15,16). The molecule has 1 aromatic carbocycles. The summed E-state index contributed by atoms with van der Waals surface area (Å²) in [6, 6.07) is 5.03. The van der Waals surface area contributed by atoms with Crippen molar-refractivity contribution in [1.82, 2.24) is 4.98 Å². The van der Waals surface area contributed by atoms with Crippen LogP contribution in [0.2, 0.25) is 10.0 Å². The molecule has 2 aromatic rings. The second-order valence-electron chi connectivity index (χ2n) is 3.09. The predicted molar refractivity (Wildman–Crippen MR) is 68.8 cm³/mol. The van der Waals surface area contributed by atoms with Gasteiger partial charge in [0.25, 0.3) is 0 Å². The Morgan fingerprint density at radius 1 is 1.35 bits per heavy atom. The molecule has 2 N–H and O–H groups in total. The lowest BCUT2D eigenvalue weighted by molar-refractivity contribution is 0.0702. The number of anilines is 2. The zero-order chi connectivity index (χ0) is 12.4. The first-order valence-electron chi connectivity index (χ1n) is 4.47. The van der Waals surface area contributed by atoms with Gasteiger partial charge in [0.15, 0.2) is 5.13 Å². The van der Waals surface area contributed by atoms with Gasteiger partial charge < -0.3 is 10.4 Å². The molecule has 0 atom stereocenters. The molecule has 0 spiro atoms. The number of aromatic nitrogens is 1. The van der Waals surface area contributed by atoms with Crippen molar-refractivity contribution in [3.63, 3.8) is 0 Å². The summed E-state index contributed by atoms with van der Waals surface area (Å²) in [7, 11) is 0. The Bertz CT molecular complexity index is 571. The number of hydrogen-bond donors (Lipinski definition) is 2. The van der Waals surface area contributed by atoms with Crippen molar-refractivity contribution in [3.8, 4) is 0 Å². The number of rotatable bonds is 3. The number of carbonyl (C=O) groups is 1. The highest BCUT2D eigenvalue weighted by molar-refractivity contribution is 7.17. The smallest absolute Gasteiger partial charge is 0.347 e. The molecule has 7 heteroatoms. The number of hydrogen-bond acceptors (Lipinski definition) is 4. The second kappa shape index (κ2) is 4.91. The van der Waals surface area contributed by atoms with Gasteiger partial charge in [-0.3, -0.25) is 0 Å². The molecule has 1 aromatic heterocycles. The molecule has 0 aliphatic rings. The number of nitrogens with one attached hydrogen (secondary N) is 1. The molecule has 0 saturated carbocycles. The molecule has 2 rings (SSSR count). The van der Waals surface area contributed by atoms with E-state index in [1.54, 1.807) is 18.2 Å². The number of halogens is 2. The lowest BCUT2D eigenvalue weighted by Gasteiger charge is -2.03. The Kier molecular flexibility index (Phi) is 3.51. The maximum absolute atomic E-state index is 10.7. The highest BCUT2D eigenvalue weighted by Gasteiger charge is 2.08. The van der Waals surface area contributed by atoms with E-state index in [4.69, 9.17) is 28.3 Å². The van der Waals surface area contributed by atoms with Gasteiger partial charge in [-0.05, 0) is 18.2 Å². The largest absolute Gasteiger partial charge is 0.477 e. The van der Waals surface area contributed by atoms with Crippen molar-refractivity contribution in [2.24, 2.45) is 0 Å². The molecular weight excluding hydrogens is 283 g/mol. The number of carboxylic acid groups (broad SMARTS) is 1. The maximum atomic E-state index is 10.7. The summed E-state index contributed by atoms with van der Waals surface area (Å²) in [6.07, 6.45) is 1.30. The summed E-state index contributed by atoms with van der Waals surface area (Å²) in [5.74, 6) is -0.996. The van der Waals surface area contributed by atoms with Crippen LogP contribution in [0.3, 0.4) is 0 Å². The third-order valence-corrected chi connectivity index (χ3v) is 3.53. The summed E-state index contributed by atoms with van der Waals surface area (Å²) in [5, 5.41) is 13.1. The number of thiazole rings is 1. The minimum absolute atomic E-state index is 0.174. The van der Waals surface area contributed by atoms with Crippen LogP contribution in [0.1, 0.15) is 9.67 Å². The SMILES string of the molecule is O=C(O)c1cnc(Nc2ccc(Cl)c(Cl)c2)s1. The fourth-order valence-corrected chi connectivity index (χ4v) is 2.10. The van der Waals surface area contributed by atoms with Crippen LogP contribution < -0.4 is 5.32 Å². The number of benzene rings is 1. The molecule has 0 radical (unpaired) electrons. The van der Waals surface area contributed by atoms with Crippen LogP contribution in [0.4, 0.5) is 10.8 Å². The highest BCUT2D eigenvalue weighted by Crippen LogP contribution is 2.28. The van der Waals surface area contributed by atoms with Crippen molar-refractivity contribution in [2.45, 2.75) is 0 Å². The highest BCUT2D eigenvalue weighted by atomic mass is 35.5. The minimum Gasteiger partial charge on any atom is -0.477 e. The summed E-state index contributed by atoms with van der Waals surface area (Å²) >= 11 is 12.7. The van der Waals surface area contributed by atoms with Gasteiger partial charge in [0.05, 0.1) is 16.2 Å². The average molecular weight is 289 g/mol. The summed E-state index contributed by atoms with van der Waals surface area (Å²) < 4.78 is 0. The second-order valence-corrected chi connectivity index (χ2v) is 4.93. The average Bonchev–Trinajstić information content (AvgIpc) is 2.72. The Hall–Kier alpha value is -1.30. The molecule has 17 heavy (non-hydrogen) atoms. The third-order valence-electron chi connectivity index (χ3n) is 1.89. The van der Waals surface area contributed by atoms with Crippen molar-refractivity contribution < 1.29 is 9.90 Å². The Morgan fingerprint density at radius 2 is 2.12 bits per heavy atom. The molecule has 0 unspecified atom stereocenters. The molecule has 88 valence electrons. The van der Waals surface area contributed by atoms with E-state index in [2.05, 4.69) is 10.3 Å². The zero-order valence-electron chi connectivity index (χ0n) is 8.28. The quantitative estimate of drug-likeness (QED) is 0.899. The van der Waals surface area contributed by atoms with Crippen LogP contribution in [-0.2, 0) is 0 Å². The van der Waals surface area contributed by atoms with Crippen molar-refractivity contribution in [3.05, 3.63) is 39.3 Å². The van der Waals surface area contributed by atoms with Gasteiger partial charge in [-0.25, -0.2) is 9.78 Å². The van der Waals surface area contributed by atoms with E-state index in [1.807, 2.05) is 0 Å². The molecule has 0 aliphatic heterocycles. The van der Waals surface area contributed by atoms with Crippen molar-refractivity contribution in [2.75, 3.05) is 5.32 Å². The summed E-state index contributed by atoms with van der Waals surface area (Å²) in [4.78, 5) is 14.8. The van der Waals surface area contributed by atoms with Crippen molar-refractivity contribution >= 4 is 51.3 Å². The maximum Gasteiger partial charge on any atom is 0.347 e. The number of nitrogens with zero attached hydrogens (tertiary/aromatic N) is 1. The summed E-state index contributed by atoms with van der Waals surface area (Å²) in [6.45, 7) is 0. The van der Waals surface area contributed by atoms with Gasteiger partial charge in [0.2, 0.25) is 0 Å². The van der Waals surface area contributed by atoms with Crippen LogP contribution in [0.5, 0.6) is 0 Å². The Morgan fingerprint density at radius 3 is 2.71 bits per heavy atom. The Balaban J connectivity index is 2.19.